The SMILES string of the molecule is O=C(O)C1CCN(CCCN2c3ccccc3OCOc3ccccc32)CC1. The first-order chi connectivity index (χ1) is 13.7. The van der Waals surface area contributed by atoms with Gasteiger partial charge < -0.3 is 24.4 Å². The van der Waals surface area contributed by atoms with E-state index in [0.29, 0.717) is 0 Å². The maximum atomic E-state index is 11.1. The highest BCUT2D eigenvalue weighted by molar-refractivity contribution is 5.73. The molecule has 0 radical (unpaired) electrons. The molecule has 2 aromatic rings. The van der Waals surface area contributed by atoms with Crippen LogP contribution in [-0.4, -0.2) is 48.9 Å². The molecule has 0 amide bonds. The van der Waals surface area contributed by atoms with Gasteiger partial charge in [-0.05, 0) is 63.2 Å². The van der Waals surface area contributed by atoms with Crippen LogP contribution in [0.2, 0.25) is 0 Å². The van der Waals surface area contributed by atoms with Crippen molar-refractivity contribution < 1.29 is 19.4 Å². The van der Waals surface area contributed by atoms with E-state index < -0.39 is 5.97 Å². The molecule has 1 N–H and O–H groups in total. The zero-order chi connectivity index (χ0) is 19.3. The van der Waals surface area contributed by atoms with Gasteiger partial charge in [0.1, 0.15) is 11.5 Å². The topological polar surface area (TPSA) is 62.2 Å². The molecule has 0 saturated carbocycles. The van der Waals surface area contributed by atoms with Gasteiger partial charge in [0.2, 0.25) is 6.79 Å². The van der Waals surface area contributed by atoms with E-state index in [4.69, 9.17) is 14.6 Å². The van der Waals surface area contributed by atoms with Gasteiger partial charge in [0.25, 0.3) is 0 Å². The zero-order valence-corrected chi connectivity index (χ0v) is 15.9. The highest BCUT2D eigenvalue weighted by Gasteiger charge is 2.25. The summed E-state index contributed by atoms with van der Waals surface area (Å²) in [5.41, 5.74) is 2.09. The molecular formula is C22H26N2O4. The number of piperidine rings is 1. The maximum Gasteiger partial charge on any atom is 0.306 e. The van der Waals surface area contributed by atoms with Crippen molar-refractivity contribution in [2.45, 2.75) is 19.3 Å². The van der Waals surface area contributed by atoms with E-state index >= 15 is 0 Å². The Hall–Kier alpha value is -2.73. The number of ether oxygens (including phenoxy) is 2. The summed E-state index contributed by atoms with van der Waals surface area (Å²) in [6, 6.07) is 16.1. The minimum absolute atomic E-state index is 0.182. The summed E-state index contributed by atoms with van der Waals surface area (Å²) >= 11 is 0. The molecule has 148 valence electrons. The van der Waals surface area contributed by atoms with E-state index in [0.717, 1.165) is 68.3 Å². The number of carboxylic acids is 1. The third kappa shape index (κ3) is 4.07. The van der Waals surface area contributed by atoms with E-state index in [9.17, 15) is 4.79 Å². The summed E-state index contributed by atoms with van der Waals surface area (Å²) in [5.74, 6) is 0.797. The molecule has 0 aromatic heterocycles. The number of nitrogens with zero attached hydrogens (tertiary/aromatic N) is 2. The van der Waals surface area contributed by atoms with Gasteiger partial charge in [-0.3, -0.25) is 4.79 Å². The fourth-order valence-corrected chi connectivity index (χ4v) is 3.99. The largest absolute Gasteiger partial charge is 0.481 e. The standard InChI is InChI=1S/C22H26N2O4/c25-22(26)17-10-14-23(15-11-17)12-5-13-24-18-6-1-3-8-20(18)27-16-28-21-9-4-2-7-19(21)24/h1-4,6-9,17H,5,10-16H2,(H,25,26). The molecule has 0 unspecified atom stereocenters. The number of rotatable bonds is 5. The normalized spacial score (nSPS) is 17.5. The van der Waals surface area contributed by atoms with Crippen molar-refractivity contribution in [3.8, 4) is 11.5 Å². The summed E-state index contributed by atoms with van der Waals surface area (Å²) in [6.45, 7) is 3.70. The molecule has 2 aliphatic rings. The monoisotopic (exact) mass is 382 g/mol. The Balaban J connectivity index is 1.46. The molecule has 2 aliphatic heterocycles. The maximum absolute atomic E-state index is 11.1. The van der Waals surface area contributed by atoms with Gasteiger partial charge in [0, 0.05) is 6.54 Å². The Morgan fingerprint density at radius 2 is 1.50 bits per heavy atom. The van der Waals surface area contributed by atoms with Crippen LogP contribution < -0.4 is 14.4 Å². The van der Waals surface area contributed by atoms with Crippen LogP contribution in [0.4, 0.5) is 11.4 Å². The molecule has 28 heavy (non-hydrogen) atoms. The second-order valence-electron chi connectivity index (χ2n) is 7.30. The number of carbonyl (C=O) groups is 1. The Bertz CT molecular complexity index is 770. The first-order valence-electron chi connectivity index (χ1n) is 9.89. The predicted octanol–water partition coefficient (Wildman–Crippen LogP) is 3.74. The van der Waals surface area contributed by atoms with Crippen LogP contribution in [0.3, 0.4) is 0 Å². The van der Waals surface area contributed by atoms with Crippen molar-refractivity contribution in [2.24, 2.45) is 5.92 Å². The molecule has 2 heterocycles. The average molecular weight is 382 g/mol. The van der Waals surface area contributed by atoms with Gasteiger partial charge in [0.05, 0.1) is 17.3 Å². The molecule has 6 heteroatoms. The summed E-state index contributed by atoms with van der Waals surface area (Å²) < 4.78 is 11.6. The molecule has 0 aliphatic carbocycles. The molecule has 0 bridgehead atoms. The minimum Gasteiger partial charge on any atom is -0.481 e. The molecule has 4 rings (SSSR count). The fraction of sp³-hybridized carbons (Fsp3) is 0.409. The van der Waals surface area contributed by atoms with Crippen LogP contribution in [0, 0.1) is 5.92 Å². The number of fused-ring (bicyclic) bond motifs is 2. The number of benzene rings is 2. The summed E-state index contributed by atoms with van der Waals surface area (Å²) in [5, 5.41) is 9.16. The average Bonchev–Trinajstić information content (AvgIpc) is 2.71. The van der Waals surface area contributed by atoms with Crippen molar-refractivity contribution >= 4 is 17.3 Å². The Morgan fingerprint density at radius 3 is 2.07 bits per heavy atom. The van der Waals surface area contributed by atoms with Gasteiger partial charge in [-0.1, -0.05) is 24.3 Å². The molecule has 6 nitrogen and oxygen atoms in total. The van der Waals surface area contributed by atoms with Crippen LogP contribution in [0.5, 0.6) is 11.5 Å². The second-order valence-corrected chi connectivity index (χ2v) is 7.30. The van der Waals surface area contributed by atoms with E-state index in [2.05, 4.69) is 21.9 Å². The minimum atomic E-state index is -0.659. The summed E-state index contributed by atoms with van der Waals surface area (Å²) in [7, 11) is 0. The fourth-order valence-electron chi connectivity index (χ4n) is 3.99. The lowest BCUT2D eigenvalue weighted by Crippen LogP contribution is -2.37. The highest BCUT2D eigenvalue weighted by Crippen LogP contribution is 2.40. The number of para-hydroxylation sites is 4. The first kappa shape index (κ1) is 18.6. The Morgan fingerprint density at radius 1 is 0.929 bits per heavy atom. The number of likely N-dealkylation sites (tertiary alicyclic amines) is 1. The quantitative estimate of drug-likeness (QED) is 0.850. The van der Waals surface area contributed by atoms with Crippen molar-refractivity contribution in [3.63, 3.8) is 0 Å². The van der Waals surface area contributed by atoms with Crippen LogP contribution in [0.25, 0.3) is 0 Å². The number of aliphatic carboxylic acids is 1. The third-order valence-electron chi connectivity index (χ3n) is 5.53. The van der Waals surface area contributed by atoms with Crippen LogP contribution in [-0.2, 0) is 4.79 Å². The third-order valence-corrected chi connectivity index (χ3v) is 5.53. The first-order valence-corrected chi connectivity index (χ1v) is 9.89. The molecular weight excluding hydrogens is 356 g/mol. The number of carboxylic acid groups (broad SMARTS) is 1. The smallest absolute Gasteiger partial charge is 0.306 e. The number of hydrogen-bond acceptors (Lipinski definition) is 5. The Kier molecular flexibility index (Phi) is 5.67. The van der Waals surface area contributed by atoms with Gasteiger partial charge in [-0.2, -0.15) is 0 Å². The lowest BCUT2D eigenvalue weighted by Gasteiger charge is -2.33. The van der Waals surface area contributed by atoms with Crippen LogP contribution in [0.1, 0.15) is 19.3 Å². The summed E-state index contributed by atoms with van der Waals surface area (Å²) in [6.07, 6.45) is 2.46. The molecule has 2 aromatic carbocycles. The molecule has 1 saturated heterocycles. The molecule has 0 atom stereocenters. The van der Waals surface area contributed by atoms with Crippen molar-refractivity contribution in [1.82, 2.24) is 4.90 Å². The van der Waals surface area contributed by atoms with E-state index in [1.807, 2.05) is 36.4 Å². The molecule has 0 spiro atoms. The molecule has 1 fully saturated rings. The van der Waals surface area contributed by atoms with E-state index in [1.54, 1.807) is 0 Å². The number of hydrogen-bond donors (Lipinski definition) is 1. The summed E-state index contributed by atoms with van der Waals surface area (Å²) in [4.78, 5) is 15.8. The highest BCUT2D eigenvalue weighted by atomic mass is 16.7. The Labute approximate surface area is 165 Å². The lowest BCUT2D eigenvalue weighted by atomic mass is 9.97. The van der Waals surface area contributed by atoms with Gasteiger partial charge in [-0.25, -0.2) is 0 Å². The lowest BCUT2D eigenvalue weighted by molar-refractivity contribution is -0.143. The van der Waals surface area contributed by atoms with Crippen molar-refractivity contribution in [2.75, 3.05) is 37.9 Å². The van der Waals surface area contributed by atoms with Crippen LogP contribution in [0.15, 0.2) is 48.5 Å². The van der Waals surface area contributed by atoms with E-state index in [1.165, 1.54) is 0 Å². The van der Waals surface area contributed by atoms with Crippen LogP contribution >= 0.6 is 0 Å². The van der Waals surface area contributed by atoms with Crippen molar-refractivity contribution in [1.29, 1.82) is 0 Å². The van der Waals surface area contributed by atoms with E-state index in [-0.39, 0.29) is 12.7 Å². The van der Waals surface area contributed by atoms with Crippen molar-refractivity contribution in [3.05, 3.63) is 48.5 Å². The zero-order valence-electron chi connectivity index (χ0n) is 15.9. The van der Waals surface area contributed by atoms with Gasteiger partial charge in [0.15, 0.2) is 0 Å². The predicted molar refractivity (Wildman–Crippen MR) is 107 cm³/mol. The van der Waals surface area contributed by atoms with Gasteiger partial charge >= 0.3 is 5.97 Å². The second kappa shape index (κ2) is 8.52. The van der Waals surface area contributed by atoms with Gasteiger partial charge in [-0.15, -0.1) is 0 Å². The number of anilines is 2.